The lowest BCUT2D eigenvalue weighted by Gasteiger charge is -2.37. The first-order valence-corrected chi connectivity index (χ1v) is 8.26. The summed E-state index contributed by atoms with van der Waals surface area (Å²) in [7, 11) is -1.65. The van der Waals surface area contributed by atoms with Gasteiger partial charge < -0.3 is 5.32 Å². The number of rotatable bonds is 6. The molecule has 1 fully saturated rings. The molecule has 0 amide bonds. The zero-order chi connectivity index (χ0) is 13.8. The molecule has 116 valence electrons. The van der Waals surface area contributed by atoms with Gasteiger partial charge in [0.15, 0.2) is 0 Å². The van der Waals surface area contributed by atoms with Gasteiger partial charge in [0.25, 0.3) is 10.2 Å². The van der Waals surface area contributed by atoms with Gasteiger partial charge in [0, 0.05) is 25.7 Å². The topological polar surface area (TPSA) is 52.7 Å². The van der Waals surface area contributed by atoms with E-state index in [-0.39, 0.29) is 24.5 Å². The second-order valence-corrected chi connectivity index (χ2v) is 7.15. The van der Waals surface area contributed by atoms with Crippen LogP contribution in [0.25, 0.3) is 0 Å². The second kappa shape index (κ2) is 8.42. The maximum absolute atomic E-state index is 12.6. The molecule has 1 N–H and O–H groups in total. The summed E-state index contributed by atoms with van der Waals surface area (Å²) in [6.45, 7) is 8.27. The van der Waals surface area contributed by atoms with Crippen molar-refractivity contribution in [3.63, 3.8) is 0 Å². The molecular weight excluding hydrogens is 286 g/mol. The van der Waals surface area contributed by atoms with Crippen molar-refractivity contribution in [2.75, 3.05) is 26.7 Å². The van der Waals surface area contributed by atoms with Crippen LogP contribution in [-0.4, -0.2) is 55.8 Å². The molecule has 7 heteroatoms. The summed E-state index contributed by atoms with van der Waals surface area (Å²) >= 11 is 0. The van der Waals surface area contributed by atoms with E-state index in [1.54, 1.807) is 11.4 Å². The molecule has 1 heterocycles. The number of hydrogen-bond donors (Lipinski definition) is 1. The van der Waals surface area contributed by atoms with Gasteiger partial charge in [0.2, 0.25) is 0 Å². The fraction of sp³-hybridized carbons (Fsp3) is 1.00. The van der Waals surface area contributed by atoms with E-state index in [0.29, 0.717) is 6.54 Å². The number of hydrogen-bond acceptors (Lipinski definition) is 3. The minimum Gasteiger partial charge on any atom is -0.317 e. The Balaban J connectivity index is 0.00000324. The van der Waals surface area contributed by atoms with E-state index < -0.39 is 10.2 Å². The molecule has 0 aromatic heterocycles. The van der Waals surface area contributed by atoms with Crippen molar-refractivity contribution in [3.8, 4) is 0 Å². The highest BCUT2D eigenvalue weighted by Crippen LogP contribution is 2.20. The molecule has 19 heavy (non-hydrogen) atoms. The summed E-state index contributed by atoms with van der Waals surface area (Å²) in [5.74, 6) is 0. The summed E-state index contributed by atoms with van der Waals surface area (Å²) in [5.41, 5.74) is 0. The zero-order valence-corrected chi connectivity index (χ0v) is 14.1. The summed E-state index contributed by atoms with van der Waals surface area (Å²) in [4.78, 5) is 0. The van der Waals surface area contributed by atoms with Gasteiger partial charge in [-0.15, -0.1) is 12.4 Å². The third-order valence-electron chi connectivity index (χ3n) is 3.55. The summed E-state index contributed by atoms with van der Waals surface area (Å²) in [5, 5.41) is 3.28. The molecule has 0 atom stereocenters. The van der Waals surface area contributed by atoms with Gasteiger partial charge in [-0.25, -0.2) is 0 Å². The van der Waals surface area contributed by atoms with Crippen LogP contribution in [0.2, 0.25) is 0 Å². The third kappa shape index (κ3) is 4.86. The van der Waals surface area contributed by atoms with Crippen molar-refractivity contribution >= 4 is 22.6 Å². The van der Waals surface area contributed by atoms with E-state index in [1.165, 1.54) is 4.31 Å². The van der Waals surface area contributed by atoms with Gasteiger partial charge in [0.1, 0.15) is 0 Å². The van der Waals surface area contributed by atoms with Crippen molar-refractivity contribution in [1.82, 2.24) is 13.9 Å². The van der Waals surface area contributed by atoms with Gasteiger partial charge in [-0.05, 0) is 46.2 Å². The molecule has 0 aliphatic carbocycles. The summed E-state index contributed by atoms with van der Waals surface area (Å²) in [6, 6.07) is 0.147. The average Bonchev–Trinajstić information content (AvgIpc) is 2.35. The lowest BCUT2D eigenvalue weighted by Crippen LogP contribution is -2.52. The highest BCUT2D eigenvalue weighted by molar-refractivity contribution is 7.86. The maximum atomic E-state index is 12.6. The molecule has 1 rings (SSSR count). The van der Waals surface area contributed by atoms with Crippen LogP contribution in [0.5, 0.6) is 0 Å². The Morgan fingerprint density at radius 3 is 2.21 bits per heavy atom. The standard InChI is InChI=1S/C12H27N3O2S.ClH/c1-5-10-15(12-6-8-13-9-7-12)18(16,17)14(4)11(2)3;/h11-13H,5-10H2,1-4H3;1H. The molecule has 0 radical (unpaired) electrons. The lowest BCUT2D eigenvalue weighted by atomic mass is 10.1. The van der Waals surface area contributed by atoms with Crippen molar-refractivity contribution in [3.05, 3.63) is 0 Å². The molecule has 1 aliphatic rings. The van der Waals surface area contributed by atoms with Crippen LogP contribution < -0.4 is 5.32 Å². The molecule has 0 aromatic rings. The second-order valence-electron chi connectivity index (χ2n) is 5.21. The minimum atomic E-state index is -3.32. The van der Waals surface area contributed by atoms with E-state index in [1.807, 2.05) is 20.8 Å². The van der Waals surface area contributed by atoms with Crippen molar-refractivity contribution < 1.29 is 8.42 Å². The number of halogens is 1. The molecule has 1 aliphatic heterocycles. The molecular formula is C12H28ClN3O2S. The summed E-state index contributed by atoms with van der Waals surface area (Å²) < 4.78 is 28.4. The Bertz CT molecular complexity index is 343. The number of nitrogens with zero attached hydrogens (tertiary/aromatic N) is 2. The first kappa shape index (κ1) is 19.1. The first-order valence-electron chi connectivity index (χ1n) is 6.86. The molecule has 0 spiro atoms. The predicted molar refractivity (Wildman–Crippen MR) is 82.0 cm³/mol. The SMILES string of the molecule is CCCN(C1CCNCC1)S(=O)(=O)N(C)C(C)C.Cl. The van der Waals surface area contributed by atoms with Crippen LogP contribution in [0.4, 0.5) is 0 Å². The zero-order valence-electron chi connectivity index (χ0n) is 12.4. The van der Waals surface area contributed by atoms with Gasteiger partial charge in [-0.1, -0.05) is 6.92 Å². The van der Waals surface area contributed by atoms with E-state index >= 15 is 0 Å². The van der Waals surface area contributed by atoms with Gasteiger partial charge in [-0.3, -0.25) is 0 Å². The Hall–Kier alpha value is 0.120. The van der Waals surface area contributed by atoms with Crippen LogP contribution in [0.1, 0.15) is 40.0 Å². The number of nitrogens with one attached hydrogen (secondary N) is 1. The van der Waals surface area contributed by atoms with Crippen molar-refractivity contribution in [1.29, 1.82) is 0 Å². The van der Waals surface area contributed by atoms with E-state index in [2.05, 4.69) is 5.32 Å². The Labute approximate surface area is 124 Å². The monoisotopic (exact) mass is 313 g/mol. The Morgan fingerprint density at radius 1 is 1.26 bits per heavy atom. The quantitative estimate of drug-likeness (QED) is 0.807. The van der Waals surface area contributed by atoms with Crippen molar-refractivity contribution in [2.45, 2.75) is 52.1 Å². The highest BCUT2D eigenvalue weighted by Gasteiger charge is 2.34. The fourth-order valence-electron chi connectivity index (χ4n) is 2.23. The minimum absolute atomic E-state index is 0. The highest BCUT2D eigenvalue weighted by atomic mass is 35.5. The van der Waals surface area contributed by atoms with E-state index in [4.69, 9.17) is 0 Å². The van der Waals surface area contributed by atoms with Crippen LogP contribution >= 0.6 is 12.4 Å². The van der Waals surface area contributed by atoms with E-state index in [9.17, 15) is 8.42 Å². The average molecular weight is 314 g/mol. The Morgan fingerprint density at radius 2 is 1.79 bits per heavy atom. The molecule has 0 saturated carbocycles. The van der Waals surface area contributed by atoms with Gasteiger partial charge >= 0.3 is 0 Å². The molecule has 0 bridgehead atoms. The molecule has 5 nitrogen and oxygen atoms in total. The fourth-order valence-corrected chi connectivity index (χ4v) is 4.10. The largest absolute Gasteiger partial charge is 0.317 e. The normalized spacial score (nSPS) is 18.1. The Kier molecular flexibility index (Phi) is 8.47. The predicted octanol–water partition coefficient (Wildman–Crippen LogP) is 1.46. The smallest absolute Gasteiger partial charge is 0.282 e. The van der Waals surface area contributed by atoms with Crippen LogP contribution in [0, 0.1) is 0 Å². The number of piperidine rings is 1. The van der Waals surface area contributed by atoms with Gasteiger partial charge in [0.05, 0.1) is 0 Å². The van der Waals surface area contributed by atoms with E-state index in [0.717, 1.165) is 32.4 Å². The summed E-state index contributed by atoms with van der Waals surface area (Å²) in [6.07, 6.45) is 2.67. The molecule has 1 saturated heterocycles. The lowest BCUT2D eigenvalue weighted by molar-refractivity contribution is 0.240. The van der Waals surface area contributed by atoms with Gasteiger partial charge in [-0.2, -0.15) is 17.0 Å². The van der Waals surface area contributed by atoms with Crippen LogP contribution in [0.3, 0.4) is 0 Å². The molecule has 0 unspecified atom stereocenters. The van der Waals surface area contributed by atoms with Crippen LogP contribution in [0.15, 0.2) is 0 Å². The third-order valence-corrected chi connectivity index (χ3v) is 5.77. The maximum Gasteiger partial charge on any atom is 0.282 e. The molecule has 0 aromatic carbocycles. The first-order chi connectivity index (χ1) is 8.41. The van der Waals surface area contributed by atoms with Crippen LogP contribution in [-0.2, 0) is 10.2 Å². The van der Waals surface area contributed by atoms with Crippen molar-refractivity contribution in [2.24, 2.45) is 0 Å².